The van der Waals surface area contributed by atoms with Gasteiger partial charge in [0.25, 0.3) is 0 Å². The molecule has 1 rings (SSSR count). The van der Waals surface area contributed by atoms with Gasteiger partial charge in [0.2, 0.25) is 0 Å². The molecule has 1 nitrogen and oxygen atoms in total. The molecule has 0 atom stereocenters. The molecule has 0 saturated carbocycles. The first-order valence-electron chi connectivity index (χ1n) is 4.78. The molecule has 0 aromatic heterocycles. The fourth-order valence-electron chi connectivity index (χ4n) is 1.06. The number of ether oxygens (including phenoxy) is 1. The summed E-state index contributed by atoms with van der Waals surface area (Å²) < 4.78 is 5.50. The summed E-state index contributed by atoms with van der Waals surface area (Å²) in [5, 5.41) is 0. The highest BCUT2D eigenvalue weighted by Crippen LogP contribution is 2.28. The van der Waals surface area contributed by atoms with Crippen LogP contribution in [0.4, 0.5) is 0 Å². The molecule has 0 spiro atoms. The highest BCUT2D eigenvalue weighted by atomic mass is 32.2. The van der Waals surface area contributed by atoms with Crippen molar-refractivity contribution in [2.75, 3.05) is 7.11 Å². The maximum atomic E-state index is 5.18. The van der Waals surface area contributed by atoms with Crippen LogP contribution in [0.25, 0.3) is 0 Å². The second kappa shape index (κ2) is 4.74. The van der Waals surface area contributed by atoms with Crippen LogP contribution in [0, 0.1) is 0 Å². The van der Waals surface area contributed by atoms with Gasteiger partial charge in [0.1, 0.15) is 5.75 Å². The van der Waals surface area contributed by atoms with Gasteiger partial charge in [0.15, 0.2) is 0 Å². The number of methoxy groups -OCH3 is 1. The maximum absolute atomic E-state index is 5.18. The lowest BCUT2D eigenvalue weighted by Gasteiger charge is -2.17. The second-order valence-electron chi connectivity index (χ2n) is 4.25. The van der Waals surface area contributed by atoms with Crippen molar-refractivity contribution >= 4 is 11.8 Å². The molecule has 78 valence electrons. The van der Waals surface area contributed by atoms with E-state index in [-0.39, 0.29) is 0 Å². The van der Waals surface area contributed by atoms with E-state index in [9.17, 15) is 0 Å². The molecule has 0 fully saturated rings. The van der Waals surface area contributed by atoms with Crippen LogP contribution >= 0.6 is 11.8 Å². The van der Waals surface area contributed by atoms with Crippen molar-refractivity contribution in [2.24, 2.45) is 0 Å². The monoisotopic (exact) mass is 210 g/mol. The Labute approximate surface area is 90.9 Å². The van der Waals surface area contributed by atoms with E-state index in [0.29, 0.717) is 4.75 Å². The Morgan fingerprint density at radius 1 is 1.29 bits per heavy atom. The van der Waals surface area contributed by atoms with Crippen LogP contribution < -0.4 is 4.74 Å². The smallest absolute Gasteiger partial charge is 0.119 e. The minimum Gasteiger partial charge on any atom is -0.497 e. The molecule has 0 N–H and O–H groups in total. The topological polar surface area (TPSA) is 9.23 Å². The van der Waals surface area contributed by atoms with E-state index in [1.165, 1.54) is 5.56 Å². The Morgan fingerprint density at radius 2 is 2.00 bits per heavy atom. The van der Waals surface area contributed by atoms with Gasteiger partial charge in [-0.25, -0.2) is 0 Å². The third kappa shape index (κ3) is 4.05. The average Bonchev–Trinajstić information content (AvgIpc) is 2.14. The first kappa shape index (κ1) is 11.4. The zero-order chi connectivity index (χ0) is 10.6. The molecule has 0 radical (unpaired) electrons. The Kier molecular flexibility index (Phi) is 3.87. The minimum absolute atomic E-state index is 0.322. The van der Waals surface area contributed by atoms with Crippen molar-refractivity contribution in [3.8, 4) is 5.75 Å². The van der Waals surface area contributed by atoms with Gasteiger partial charge in [-0.1, -0.05) is 32.9 Å². The Hall–Kier alpha value is -0.630. The quantitative estimate of drug-likeness (QED) is 0.752. The third-order valence-corrected chi connectivity index (χ3v) is 3.15. The molecule has 1 aromatic carbocycles. The number of benzene rings is 1. The van der Waals surface area contributed by atoms with Crippen molar-refractivity contribution in [1.29, 1.82) is 0 Å². The predicted molar refractivity (Wildman–Crippen MR) is 64.0 cm³/mol. The summed E-state index contributed by atoms with van der Waals surface area (Å²) in [4.78, 5) is 0. The second-order valence-corrected chi connectivity index (χ2v) is 6.05. The van der Waals surface area contributed by atoms with Crippen LogP contribution in [0.2, 0.25) is 0 Å². The molecule has 1 aromatic rings. The van der Waals surface area contributed by atoms with Gasteiger partial charge < -0.3 is 4.74 Å². The standard InChI is InChI=1S/C12H18OS/c1-12(2,3)14-9-10-6-5-7-11(8-10)13-4/h5-8H,9H2,1-4H3. The van der Waals surface area contributed by atoms with Gasteiger partial charge in [-0.15, -0.1) is 0 Å². The fraction of sp³-hybridized carbons (Fsp3) is 0.500. The number of rotatable bonds is 3. The minimum atomic E-state index is 0.322. The molecule has 0 aliphatic heterocycles. The first-order valence-corrected chi connectivity index (χ1v) is 5.77. The largest absolute Gasteiger partial charge is 0.497 e. The summed E-state index contributed by atoms with van der Waals surface area (Å²) in [7, 11) is 1.70. The van der Waals surface area contributed by atoms with E-state index in [4.69, 9.17) is 4.74 Å². The molecule has 14 heavy (non-hydrogen) atoms. The van der Waals surface area contributed by atoms with Crippen LogP contribution in [0.1, 0.15) is 26.3 Å². The maximum Gasteiger partial charge on any atom is 0.119 e. The van der Waals surface area contributed by atoms with E-state index < -0.39 is 0 Å². The summed E-state index contributed by atoms with van der Waals surface area (Å²) >= 11 is 1.95. The Morgan fingerprint density at radius 3 is 2.57 bits per heavy atom. The molecular formula is C12H18OS. The van der Waals surface area contributed by atoms with Crippen LogP contribution in [0.15, 0.2) is 24.3 Å². The van der Waals surface area contributed by atoms with Gasteiger partial charge in [0, 0.05) is 10.5 Å². The van der Waals surface area contributed by atoms with Crippen molar-refractivity contribution in [2.45, 2.75) is 31.3 Å². The Bertz CT molecular complexity index is 289. The lowest BCUT2D eigenvalue weighted by molar-refractivity contribution is 0.414. The normalized spacial score (nSPS) is 11.4. The van der Waals surface area contributed by atoms with Crippen LogP contribution in [0.5, 0.6) is 5.75 Å². The van der Waals surface area contributed by atoms with Gasteiger partial charge in [-0.05, 0) is 17.7 Å². The summed E-state index contributed by atoms with van der Waals surface area (Å²) in [6, 6.07) is 8.25. The lowest BCUT2D eigenvalue weighted by Crippen LogP contribution is -2.07. The molecule has 0 aliphatic carbocycles. The summed E-state index contributed by atoms with van der Waals surface area (Å²) in [5.74, 6) is 1.98. The predicted octanol–water partition coefficient (Wildman–Crippen LogP) is 3.73. The van der Waals surface area contributed by atoms with E-state index in [1.54, 1.807) is 7.11 Å². The average molecular weight is 210 g/mol. The fourth-order valence-corrected chi connectivity index (χ4v) is 1.84. The van der Waals surface area contributed by atoms with Gasteiger partial charge in [0.05, 0.1) is 7.11 Å². The van der Waals surface area contributed by atoms with Crippen molar-refractivity contribution in [3.05, 3.63) is 29.8 Å². The molecule has 0 bridgehead atoms. The van der Waals surface area contributed by atoms with Gasteiger partial charge in [-0.3, -0.25) is 0 Å². The van der Waals surface area contributed by atoms with Crippen molar-refractivity contribution in [1.82, 2.24) is 0 Å². The number of hydrogen-bond donors (Lipinski definition) is 0. The summed E-state index contributed by atoms with van der Waals surface area (Å²) in [6.45, 7) is 6.70. The van der Waals surface area contributed by atoms with E-state index >= 15 is 0 Å². The van der Waals surface area contributed by atoms with Crippen LogP contribution in [0.3, 0.4) is 0 Å². The molecule has 2 heteroatoms. The van der Waals surface area contributed by atoms with E-state index in [1.807, 2.05) is 23.9 Å². The van der Waals surface area contributed by atoms with Crippen LogP contribution in [-0.4, -0.2) is 11.9 Å². The third-order valence-electron chi connectivity index (χ3n) is 1.81. The summed E-state index contributed by atoms with van der Waals surface area (Å²) in [5.41, 5.74) is 1.32. The lowest BCUT2D eigenvalue weighted by atomic mass is 10.2. The molecule has 0 aliphatic rings. The number of thioether (sulfide) groups is 1. The highest BCUT2D eigenvalue weighted by molar-refractivity contribution is 7.99. The summed E-state index contributed by atoms with van der Waals surface area (Å²) in [6.07, 6.45) is 0. The van der Waals surface area contributed by atoms with Gasteiger partial charge in [-0.2, -0.15) is 11.8 Å². The molecule has 0 saturated heterocycles. The van der Waals surface area contributed by atoms with Gasteiger partial charge >= 0.3 is 0 Å². The first-order chi connectivity index (χ1) is 6.51. The van der Waals surface area contributed by atoms with Crippen molar-refractivity contribution < 1.29 is 4.74 Å². The SMILES string of the molecule is COc1cccc(CSC(C)(C)C)c1. The zero-order valence-corrected chi connectivity index (χ0v) is 10.1. The van der Waals surface area contributed by atoms with Crippen molar-refractivity contribution in [3.63, 3.8) is 0 Å². The molecule has 0 unspecified atom stereocenters. The highest BCUT2D eigenvalue weighted by Gasteiger charge is 2.10. The zero-order valence-electron chi connectivity index (χ0n) is 9.33. The molecule has 0 amide bonds. The molecule has 0 heterocycles. The Balaban J connectivity index is 2.59. The van der Waals surface area contributed by atoms with E-state index in [2.05, 4.69) is 32.9 Å². The molecular weight excluding hydrogens is 192 g/mol. The van der Waals surface area contributed by atoms with E-state index in [0.717, 1.165) is 11.5 Å². The van der Waals surface area contributed by atoms with Crippen LogP contribution in [-0.2, 0) is 5.75 Å². The number of hydrogen-bond acceptors (Lipinski definition) is 2.